The molecule has 0 unspecified atom stereocenters. The van der Waals surface area contributed by atoms with Gasteiger partial charge in [0.25, 0.3) is 0 Å². The van der Waals surface area contributed by atoms with Crippen LogP contribution in [-0.4, -0.2) is 42.5 Å². The summed E-state index contributed by atoms with van der Waals surface area (Å²) in [5, 5.41) is 6.09. The second-order valence-corrected chi connectivity index (χ2v) is 8.21. The third-order valence-electron chi connectivity index (χ3n) is 4.36. The van der Waals surface area contributed by atoms with Gasteiger partial charge in [-0.3, -0.25) is 4.79 Å². The lowest BCUT2D eigenvalue weighted by atomic mass is 9.97. The predicted molar refractivity (Wildman–Crippen MR) is 100 cm³/mol. The largest absolute Gasteiger partial charge is 0.353 e. The molecule has 25 heavy (non-hydrogen) atoms. The van der Waals surface area contributed by atoms with Crippen LogP contribution in [0.4, 0.5) is 4.79 Å². The highest BCUT2D eigenvalue weighted by Gasteiger charge is 2.24. The zero-order valence-corrected chi connectivity index (χ0v) is 15.9. The first-order valence-electron chi connectivity index (χ1n) is 9.11. The summed E-state index contributed by atoms with van der Waals surface area (Å²) in [5.41, 5.74) is 2.29. The van der Waals surface area contributed by atoms with Crippen molar-refractivity contribution >= 4 is 11.9 Å². The molecule has 1 aliphatic heterocycles. The summed E-state index contributed by atoms with van der Waals surface area (Å²) in [4.78, 5) is 26.2. The molecule has 1 heterocycles. The Bertz CT molecular complexity index is 599. The van der Waals surface area contributed by atoms with Crippen molar-refractivity contribution in [3.05, 3.63) is 35.4 Å². The standard InChI is InChI=1S/C20H31N3O2/c1-15-6-5-7-16(12-15)13-18(24)22-17-8-10-23(11-9-17)19(25)21-14-20(2,3)4/h5-7,12,17H,8-11,13-14H2,1-4H3,(H,21,25)(H,22,24). The Morgan fingerprint density at radius 3 is 2.48 bits per heavy atom. The van der Waals surface area contributed by atoms with Gasteiger partial charge in [0.2, 0.25) is 5.91 Å². The van der Waals surface area contributed by atoms with Crippen molar-refractivity contribution in [2.45, 2.75) is 53.0 Å². The van der Waals surface area contributed by atoms with E-state index in [2.05, 4.69) is 31.4 Å². The smallest absolute Gasteiger partial charge is 0.317 e. The lowest BCUT2D eigenvalue weighted by Crippen LogP contribution is -2.50. The highest BCUT2D eigenvalue weighted by molar-refractivity contribution is 5.79. The number of likely N-dealkylation sites (tertiary alicyclic amines) is 1. The van der Waals surface area contributed by atoms with Gasteiger partial charge in [0.05, 0.1) is 6.42 Å². The molecule has 1 aromatic carbocycles. The lowest BCUT2D eigenvalue weighted by molar-refractivity contribution is -0.121. The molecule has 1 saturated heterocycles. The van der Waals surface area contributed by atoms with Gasteiger partial charge < -0.3 is 15.5 Å². The highest BCUT2D eigenvalue weighted by atomic mass is 16.2. The molecule has 5 heteroatoms. The van der Waals surface area contributed by atoms with Crippen molar-refractivity contribution in [1.29, 1.82) is 0 Å². The maximum Gasteiger partial charge on any atom is 0.317 e. The van der Waals surface area contributed by atoms with Crippen LogP contribution in [0.25, 0.3) is 0 Å². The van der Waals surface area contributed by atoms with E-state index < -0.39 is 0 Å². The minimum Gasteiger partial charge on any atom is -0.353 e. The number of carbonyl (C=O) groups excluding carboxylic acids is 2. The lowest BCUT2D eigenvalue weighted by Gasteiger charge is -2.33. The molecule has 2 rings (SSSR count). The molecule has 2 N–H and O–H groups in total. The summed E-state index contributed by atoms with van der Waals surface area (Å²) >= 11 is 0. The van der Waals surface area contributed by atoms with Gasteiger partial charge in [-0.2, -0.15) is 0 Å². The minimum absolute atomic E-state index is 0.000498. The molecule has 1 fully saturated rings. The first-order chi connectivity index (χ1) is 11.7. The average molecular weight is 345 g/mol. The van der Waals surface area contributed by atoms with Crippen LogP contribution in [0.3, 0.4) is 0 Å². The van der Waals surface area contributed by atoms with Gasteiger partial charge in [0, 0.05) is 25.7 Å². The fraction of sp³-hybridized carbons (Fsp3) is 0.600. The van der Waals surface area contributed by atoms with Crippen LogP contribution in [0.5, 0.6) is 0 Å². The van der Waals surface area contributed by atoms with E-state index in [1.165, 1.54) is 5.56 Å². The fourth-order valence-corrected chi connectivity index (χ4v) is 2.97. The van der Waals surface area contributed by atoms with Gasteiger partial charge in [-0.05, 0) is 30.7 Å². The van der Waals surface area contributed by atoms with Gasteiger partial charge in [-0.15, -0.1) is 0 Å². The Labute approximate surface area is 151 Å². The fourth-order valence-electron chi connectivity index (χ4n) is 2.97. The molecule has 0 aliphatic carbocycles. The molecule has 0 atom stereocenters. The summed E-state index contributed by atoms with van der Waals surface area (Å²) in [6.45, 7) is 10.4. The molecule has 0 aromatic heterocycles. The molecule has 138 valence electrons. The molecule has 0 spiro atoms. The Kier molecular flexibility index (Phi) is 6.45. The van der Waals surface area contributed by atoms with Crippen LogP contribution in [0.2, 0.25) is 0 Å². The number of carbonyl (C=O) groups is 2. The Hall–Kier alpha value is -2.04. The molecule has 0 radical (unpaired) electrons. The van der Waals surface area contributed by atoms with Gasteiger partial charge in [0.15, 0.2) is 0 Å². The third-order valence-corrected chi connectivity index (χ3v) is 4.36. The Balaban J connectivity index is 1.73. The maximum absolute atomic E-state index is 12.2. The van der Waals surface area contributed by atoms with E-state index in [4.69, 9.17) is 0 Å². The zero-order chi connectivity index (χ0) is 18.4. The van der Waals surface area contributed by atoms with Crippen LogP contribution >= 0.6 is 0 Å². The molecule has 1 aliphatic rings. The van der Waals surface area contributed by atoms with Crippen molar-refractivity contribution in [3.8, 4) is 0 Å². The van der Waals surface area contributed by atoms with E-state index in [1.54, 1.807) is 0 Å². The van der Waals surface area contributed by atoms with E-state index in [0.717, 1.165) is 18.4 Å². The molecular formula is C20H31N3O2. The highest BCUT2D eigenvalue weighted by Crippen LogP contribution is 2.13. The topological polar surface area (TPSA) is 61.4 Å². The Morgan fingerprint density at radius 2 is 1.88 bits per heavy atom. The second-order valence-electron chi connectivity index (χ2n) is 8.21. The molecule has 0 saturated carbocycles. The number of nitrogens with one attached hydrogen (secondary N) is 2. The second kappa shape index (κ2) is 8.37. The zero-order valence-electron chi connectivity index (χ0n) is 15.9. The summed E-state index contributed by atoms with van der Waals surface area (Å²) in [5.74, 6) is 0.0567. The van der Waals surface area contributed by atoms with Gasteiger partial charge in [-0.25, -0.2) is 4.79 Å². The molecule has 1 aromatic rings. The van der Waals surface area contributed by atoms with E-state index in [-0.39, 0.29) is 23.4 Å². The first kappa shape index (κ1) is 19.3. The van der Waals surface area contributed by atoms with E-state index in [9.17, 15) is 9.59 Å². The quantitative estimate of drug-likeness (QED) is 0.881. The molecule has 3 amide bonds. The van der Waals surface area contributed by atoms with E-state index in [0.29, 0.717) is 26.1 Å². The predicted octanol–water partition coefficient (Wildman–Crippen LogP) is 2.87. The number of urea groups is 1. The van der Waals surface area contributed by atoms with Crippen LogP contribution in [0, 0.1) is 12.3 Å². The summed E-state index contributed by atoms with van der Waals surface area (Å²) in [6, 6.07) is 8.19. The van der Waals surface area contributed by atoms with E-state index >= 15 is 0 Å². The first-order valence-corrected chi connectivity index (χ1v) is 9.11. The number of rotatable bonds is 4. The van der Waals surface area contributed by atoms with Gasteiger partial charge in [0.1, 0.15) is 0 Å². The number of nitrogens with zero attached hydrogens (tertiary/aromatic N) is 1. The van der Waals surface area contributed by atoms with Crippen LogP contribution in [0.1, 0.15) is 44.7 Å². The van der Waals surface area contributed by atoms with Crippen molar-refractivity contribution < 1.29 is 9.59 Å². The van der Waals surface area contributed by atoms with Gasteiger partial charge in [-0.1, -0.05) is 50.6 Å². The number of hydrogen-bond donors (Lipinski definition) is 2. The normalized spacial score (nSPS) is 15.8. The van der Waals surface area contributed by atoms with Gasteiger partial charge >= 0.3 is 6.03 Å². The number of aryl methyl sites for hydroxylation is 1. The maximum atomic E-state index is 12.2. The van der Waals surface area contributed by atoms with Crippen molar-refractivity contribution in [2.24, 2.45) is 5.41 Å². The Morgan fingerprint density at radius 1 is 1.20 bits per heavy atom. The van der Waals surface area contributed by atoms with Crippen LogP contribution in [0.15, 0.2) is 24.3 Å². The monoisotopic (exact) mass is 345 g/mol. The van der Waals surface area contributed by atoms with E-state index in [1.807, 2.05) is 36.1 Å². The summed E-state index contributed by atoms with van der Waals surface area (Å²) in [6.07, 6.45) is 2.03. The SMILES string of the molecule is Cc1cccc(CC(=O)NC2CCN(C(=O)NCC(C)(C)C)CC2)c1. The molecule has 0 bridgehead atoms. The minimum atomic E-state index is -0.000498. The third kappa shape index (κ3) is 6.77. The van der Waals surface area contributed by atoms with Crippen molar-refractivity contribution in [2.75, 3.05) is 19.6 Å². The van der Waals surface area contributed by atoms with Crippen molar-refractivity contribution in [3.63, 3.8) is 0 Å². The average Bonchev–Trinajstić information content (AvgIpc) is 2.52. The number of hydrogen-bond acceptors (Lipinski definition) is 2. The molecular weight excluding hydrogens is 314 g/mol. The van der Waals surface area contributed by atoms with Crippen molar-refractivity contribution in [1.82, 2.24) is 15.5 Å². The number of benzene rings is 1. The summed E-state index contributed by atoms with van der Waals surface area (Å²) < 4.78 is 0. The number of piperidine rings is 1. The summed E-state index contributed by atoms with van der Waals surface area (Å²) in [7, 11) is 0. The molecule has 5 nitrogen and oxygen atoms in total. The van der Waals surface area contributed by atoms with Crippen LogP contribution in [-0.2, 0) is 11.2 Å². The van der Waals surface area contributed by atoms with Crippen LogP contribution < -0.4 is 10.6 Å². The number of amides is 3.